The Morgan fingerprint density at radius 2 is 2.24 bits per heavy atom. The lowest BCUT2D eigenvalue weighted by Crippen LogP contribution is -2.27. The predicted octanol–water partition coefficient (Wildman–Crippen LogP) is 1.85. The van der Waals surface area contributed by atoms with Crippen LogP contribution in [0, 0.1) is 24.1 Å². The molecule has 88 valence electrons. The predicted molar refractivity (Wildman–Crippen MR) is 63.6 cm³/mol. The Morgan fingerprint density at radius 3 is 2.88 bits per heavy atom. The second kappa shape index (κ2) is 5.01. The SMILES string of the molecule is C#CC1CC(=O)N(CCc2ccccc2F)C1. The normalized spacial score (nSPS) is 19.4. The quantitative estimate of drug-likeness (QED) is 0.727. The monoisotopic (exact) mass is 231 g/mol. The van der Waals surface area contributed by atoms with Crippen LogP contribution in [-0.2, 0) is 11.2 Å². The standard InChI is InChI=1S/C14H14FNO/c1-2-11-9-14(17)16(10-11)8-7-12-5-3-4-6-13(12)15/h1,3-6,11H,7-10H2. The topological polar surface area (TPSA) is 20.3 Å². The maximum Gasteiger partial charge on any atom is 0.223 e. The Hall–Kier alpha value is -1.82. The third-order valence-corrected chi connectivity index (χ3v) is 3.06. The van der Waals surface area contributed by atoms with Crippen molar-refractivity contribution in [3.8, 4) is 12.3 Å². The number of likely N-dealkylation sites (tertiary alicyclic amines) is 1. The van der Waals surface area contributed by atoms with Crippen LogP contribution in [0.1, 0.15) is 12.0 Å². The summed E-state index contributed by atoms with van der Waals surface area (Å²) in [6.45, 7) is 1.14. The van der Waals surface area contributed by atoms with Gasteiger partial charge < -0.3 is 4.90 Å². The first-order valence-electron chi connectivity index (χ1n) is 5.68. The van der Waals surface area contributed by atoms with E-state index in [2.05, 4.69) is 5.92 Å². The molecule has 0 spiro atoms. The molecule has 2 rings (SSSR count). The maximum absolute atomic E-state index is 13.4. The van der Waals surface area contributed by atoms with Crippen molar-refractivity contribution >= 4 is 5.91 Å². The number of halogens is 1. The lowest BCUT2D eigenvalue weighted by molar-refractivity contribution is -0.127. The summed E-state index contributed by atoms with van der Waals surface area (Å²) in [5, 5.41) is 0. The molecule has 17 heavy (non-hydrogen) atoms. The van der Waals surface area contributed by atoms with Gasteiger partial charge in [0.1, 0.15) is 5.82 Å². The number of terminal acetylenes is 1. The molecule has 0 saturated carbocycles. The van der Waals surface area contributed by atoms with Gasteiger partial charge in [0.15, 0.2) is 0 Å². The van der Waals surface area contributed by atoms with Crippen LogP contribution in [-0.4, -0.2) is 23.9 Å². The van der Waals surface area contributed by atoms with Crippen LogP contribution in [0.15, 0.2) is 24.3 Å². The van der Waals surface area contributed by atoms with E-state index in [4.69, 9.17) is 6.42 Å². The molecule has 2 nitrogen and oxygen atoms in total. The van der Waals surface area contributed by atoms with Crippen LogP contribution in [0.2, 0.25) is 0 Å². The molecule has 3 heteroatoms. The first-order valence-corrected chi connectivity index (χ1v) is 5.68. The number of hydrogen-bond acceptors (Lipinski definition) is 1. The second-order valence-corrected chi connectivity index (χ2v) is 4.25. The lowest BCUT2D eigenvalue weighted by Gasteiger charge is -2.15. The maximum atomic E-state index is 13.4. The summed E-state index contributed by atoms with van der Waals surface area (Å²) in [5.41, 5.74) is 0.643. The van der Waals surface area contributed by atoms with Gasteiger partial charge >= 0.3 is 0 Å². The van der Waals surface area contributed by atoms with Gasteiger partial charge in [-0.3, -0.25) is 4.79 Å². The molecule has 0 radical (unpaired) electrons. The molecule has 1 aromatic rings. The van der Waals surface area contributed by atoms with E-state index < -0.39 is 0 Å². The molecule has 0 aliphatic carbocycles. The highest BCUT2D eigenvalue weighted by molar-refractivity contribution is 5.79. The van der Waals surface area contributed by atoms with Crippen LogP contribution < -0.4 is 0 Å². The van der Waals surface area contributed by atoms with Crippen molar-refractivity contribution in [1.29, 1.82) is 0 Å². The molecule has 1 atom stereocenters. The highest BCUT2D eigenvalue weighted by Gasteiger charge is 2.27. The molecule has 1 saturated heterocycles. The fourth-order valence-electron chi connectivity index (χ4n) is 2.06. The minimum Gasteiger partial charge on any atom is -0.341 e. The smallest absolute Gasteiger partial charge is 0.223 e. The molecule has 1 aliphatic heterocycles. The van der Waals surface area contributed by atoms with Gasteiger partial charge in [0.25, 0.3) is 0 Å². The molecule has 1 aromatic carbocycles. The zero-order chi connectivity index (χ0) is 12.3. The summed E-state index contributed by atoms with van der Waals surface area (Å²) in [6, 6.07) is 6.64. The van der Waals surface area contributed by atoms with E-state index in [0.717, 1.165) is 0 Å². The first-order chi connectivity index (χ1) is 8.20. The molecule has 1 unspecified atom stereocenters. The van der Waals surface area contributed by atoms with Gasteiger partial charge in [-0.1, -0.05) is 18.2 Å². The van der Waals surface area contributed by atoms with Crippen molar-refractivity contribution < 1.29 is 9.18 Å². The molecule has 0 aromatic heterocycles. The minimum atomic E-state index is -0.215. The van der Waals surface area contributed by atoms with Gasteiger partial charge in [-0.25, -0.2) is 4.39 Å². The third kappa shape index (κ3) is 2.65. The van der Waals surface area contributed by atoms with Crippen molar-refractivity contribution in [2.75, 3.05) is 13.1 Å². The number of nitrogens with zero attached hydrogens (tertiary/aromatic N) is 1. The Balaban J connectivity index is 1.94. The summed E-state index contributed by atoms with van der Waals surface area (Å²) < 4.78 is 13.4. The average molecular weight is 231 g/mol. The van der Waals surface area contributed by atoms with Gasteiger partial charge in [-0.05, 0) is 18.1 Å². The van der Waals surface area contributed by atoms with Crippen molar-refractivity contribution in [1.82, 2.24) is 4.90 Å². The number of benzene rings is 1. The highest BCUT2D eigenvalue weighted by Crippen LogP contribution is 2.17. The number of hydrogen-bond donors (Lipinski definition) is 0. The van der Waals surface area contributed by atoms with Crippen LogP contribution in [0.4, 0.5) is 4.39 Å². The van der Waals surface area contributed by atoms with E-state index in [0.29, 0.717) is 31.5 Å². The molecule has 0 N–H and O–H groups in total. The van der Waals surface area contributed by atoms with Crippen LogP contribution >= 0.6 is 0 Å². The first kappa shape index (κ1) is 11.7. The molecule has 0 bridgehead atoms. The van der Waals surface area contributed by atoms with Crippen molar-refractivity contribution in [2.45, 2.75) is 12.8 Å². The van der Waals surface area contributed by atoms with Gasteiger partial charge in [-0.15, -0.1) is 12.3 Å². The summed E-state index contributed by atoms with van der Waals surface area (Å²) in [5.74, 6) is 2.47. The Bertz CT molecular complexity index is 464. The van der Waals surface area contributed by atoms with Crippen molar-refractivity contribution in [3.05, 3.63) is 35.6 Å². The number of rotatable bonds is 3. The van der Waals surface area contributed by atoms with Crippen LogP contribution in [0.3, 0.4) is 0 Å². The lowest BCUT2D eigenvalue weighted by atomic mass is 10.1. The van der Waals surface area contributed by atoms with E-state index in [1.807, 2.05) is 0 Å². The van der Waals surface area contributed by atoms with E-state index in [9.17, 15) is 9.18 Å². The fourth-order valence-corrected chi connectivity index (χ4v) is 2.06. The molecule has 1 heterocycles. The van der Waals surface area contributed by atoms with Gasteiger partial charge in [-0.2, -0.15) is 0 Å². The average Bonchev–Trinajstić information content (AvgIpc) is 2.69. The van der Waals surface area contributed by atoms with E-state index in [-0.39, 0.29) is 17.6 Å². The summed E-state index contributed by atoms with van der Waals surface area (Å²) >= 11 is 0. The van der Waals surface area contributed by atoms with Crippen molar-refractivity contribution in [2.24, 2.45) is 5.92 Å². The van der Waals surface area contributed by atoms with Gasteiger partial charge in [0, 0.05) is 25.4 Å². The van der Waals surface area contributed by atoms with Crippen LogP contribution in [0.25, 0.3) is 0 Å². The molecule has 1 aliphatic rings. The zero-order valence-corrected chi connectivity index (χ0v) is 9.53. The van der Waals surface area contributed by atoms with Crippen molar-refractivity contribution in [3.63, 3.8) is 0 Å². The largest absolute Gasteiger partial charge is 0.341 e. The summed E-state index contributed by atoms with van der Waals surface area (Å²) in [4.78, 5) is 13.3. The van der Waals surface area contributed by atoms with E-state index >= 15 is 0 Å². The van der Waals surface area contributed by atoms with Crippen LogP contribution in [0.5, 0.6) is 0 Å². The zero-order valence-electron chi connectivity index (χ0n) is 9.53. The Morgan fingerprint density at radius 1 is 1.47 bits per heavy atom. The Labute approximate surface area is 100 Å². The molecular weight excluding hydrogens is 217 g/mol. The van der Waals surface area contributed by atoms with E-state index in [1.165, 1.54) is 6.07 Å². The summed E-state index contributed by atoms with van der Waals surface area (Å²) in [7, 11) is 0. The Kier molecular flexibility index (Phi) is 3.43. The number of carbonyl (C=O) groups excluding carboxylic acids is 1. The fraction of sp³-hybridized carbons (Fsp3) is 0.357. The van der Waals surface area contributed by atoms with Gasteiger partial charge in [0.2, 0.25) is 5.91 Å². The summed E-state index contributed by atoms with van der Waals surface area (Å²) in [6.07, 6.45) is 6.26. The second-order valence-electron chi connectivity index (χ2n) is 4.25. The molecule has 1 amide bonds. The molecular formula is C14H14FNO. The van der Waals surface area contributed by atoms with E-state index in [1.54, 1.807) is 23.1 Å². The number of carbonyl (C=O) groups is 1. The third-order valence-electron chi connectivity index (χ3n) is 3.06. The highest BCUT2D eigenvalue weighted by atomic mass is 19.1. The minimum absolute atomic E-state index is 0.0168. The molecule has 1 fully saturated rings. The number of amides is 1. The van der Waals surface area contributed by atoms with Gasteiger partial charge in [0.05, 0.1) is 0 Å².